The number of carbonyl (C=O) groups is 2. The Kier molecular flexibility index (Phi) is 7.07. The van der Waals surface area contributed by atoms with Crippen molar-refractivity contribution in [2.45, 2.75) is 63.6 Å². The maximum absolute atomic E-state index is 13.2. The van der Waals surface area contributed by atoms with Crippen LogP contribution < -0.4 is 15.5 Å². The standard InChI is InChI=1S/C24H28F3N3O2S/c25-24(26,27)17-7-4-8-18(14-17)30-22(32)19-10-9-16(13-20(19)29-23(30)33)21(31)28-12-11-15-5-2-1-3-6-15/h4-5,7-8,14,16,19-20H,1-3,6,9-13H2,(H,28,31)(H,29,33). The Balaban J connectivity index is 1.36. The molecule has 1 aromatic carbocycles. The zero-order valence-electron chi connectivity index (χ0n) is 18.3. The molecule has 4 rings (SSSR count). The number of nitrogens with zero attached hydrogens (tertiary/aromatic N) is 1. The van der Waals surface area contributed by atoms with Crippen LogP contribution in [0.3, 0.4) is 0 Å². The minimum Gasteiger partial charge on any atom is -0.358 e. The molecule has 1 aliphatic heterocycles. The first-order chi connectivity index (χ1) is 15.7. The Bertz CT molecular complexity index is 963. The van der Waals surface area contributed by atoms with Crippen molar-refractivity contribution in [3.8, 4) is 0 Å². The summed E-state index contributed by atoms with van der Waals surface area (Å²) in [5.74, 6) is -0.964. The molecule has 3 aliphatic rings. The van der Waals surface area contributed by atoms with Crippen LogP contribution in [0.5, 0.6) is 0 Å². The Labute approximate surface area is 196 Å². The average Bonchev–Trinajstić information content (AvgIpc) is 2.79. The molecule has 2 aliphatic carbocycles. The number of halogens is 3. The smallest absolute Gasteiger partial charge is 0.358 e. The highest BCUT2D eigenvalue weighted by Crippen LogP contribution is 2.37. The van der Waals surface area contributed by atoms with E-state index >= 15 is 0 Å². The van der Waals surface area contributed by atoms with Crippen LogP contribution >= 0.6 is 12.2 Å². The molecule has 3 unspecified atom stereocenters. The van der Waals surface area contributed by atoms with E-state index in [1.54, 1.807) is 0 Å². The molecule has 1 heterocycles. The molecular formula is C24H28F3N3O2S. The van der Waals surface area contributed by atoms with E-state index in [2.05, 4.69) is 16.7 Å². The molecule has 0 aromatic heterocycles. The number of nitrogens with one attached hydrogen (secondary N) is 2. The van der Waals surface area contributed by atoms with E-state index in [0.29, 0.717) is 25.8 Å². The minimum atomic E-state index is -4.51. The van der Waals surface area contributed by atoms with Crippen LogP contribution in [0.25, 0.3) is 0 Å². The molecular weight excluding hydrogens is 451 g/mol. The number of hydrogen-bond acceptors (Lipinski definition) is 3. The summed E-state index contributed by atoms with van der Waals surface area (Å²) in [7, 11) is 0. The summed E-state index contributed by atoms with van der Waals surface area (Å²) >= 11 is 5.34. The van der Waals surface area contributed by atoms with Gasteiger partial charge >= 0.3 is 6.18 Å². The van der Waals surface area contributed by atoms with Crippen LogP contribution in [0.1, 0.15) is 56.9 Å². The summed E-state index contributed by atoms with van der Waals surface area (Å²) < 4.78 is 39.4. The lowest BCUT2D eigenvalue weighted by atomic mass is 9.76. The normalized spacial score (nSPS) is 25.7. The monoisotopic (exact) mass is 479 g/mol. The second-order valence-corrected chi connectivity index (χ2v) is 9.43. The first-order valence-electron chi connectivity index (χ1n) is 11.5. The van der Waals surface area contributed by atoms with Gasteiger partial charge in [-0.3, -0.25) is 14.5 Å². The fourth-order valence-corrected chi connectivity index (χ4v) is 5.39. The lowest BCUT2D eigenvalue weighted by Crippen LogP contribution is -2.62. The maximum Gasteiger partial charge on any atom is 0.416 e. The van der Waals surface area contributed by atoms with Gasteiger partial charge in [-0.15, -0.1) is 0 Å². The third-order valence-corrected chi connectivity index (χ3v) is 7.13. The van der Waals surface area contributed by atoms with Gasteiger partial charge in [0, 0.05) is 18.5 Å². The lowest BCUT2D eigenvalue weighted by molar-refractivity contribution is -0.137. The highest BCUT2D eigenvalue weighted by molar-refractivity contribution is 7.80. The molecule has 0 radical (unpaired) electrons. The van der Waals surface area contributed by atoms with Crippen molar-refractivity contribution in [3.05, 3.63) is 41.5 Å². The fraction of sp³-hybridized carbons (Fsp3) is 0.542. The van der Waals surface area contributed by atoms with E-state index in [9.17, 15) is 22.8 Å². The lowest BCUT2D eigenvalue weighted by Gasteiger charge is -2.43. The highest BCUT2D eigenvalue weighted by atomic mass is 32.1. The summed E-state index contributed by atoms with van der Waals surface area (Å²) in [5.41, 5.74) is 0.676. The van der Waals surface area contributed by atoms with E-state index in [-0.39, 0.29) is 34.6 Å². The second kappa shape index (κ2) is 9.83. The van der Waals surface area contributed by atoms with E-state index in [1.165, 1.54) is 30.5 Å². The van der Waals surface area contributed by atoms with Gasteiger partial charge in [0.2, 0.25) is 11.8 Å². The fourth-order valence-electron chi connectivity index (χ4n) is 5.04. The van der Waals surface area contributed by atoms with E-state index in [0.717, 1.165) is 36.3 Å². The number of anilines is 1. The Hall–Kier alpha value is -2.42. The molecule has 1 aromatic rings. The summed E-state index contributed by atoms with van der Waals surface area (Å²) in [4.78, 5) is 27.0. The molecule has 3 atom stereocenters. The van der Waals surface area contributed by atoms with Gasteiger partial charge < -0.3 is 10.6 Å². The number of rotatable bonds is 5. The number of allylic oxidation sites excluding steroid dienone is 1. The largest absolute Gasteiger partial charge is 0.416 e. The quantitative estimate of drug-likeness (QED) is 0.474. The van der Waals surface area contributed by atoms with Crippen molar-refractivity contribution in [1.29, 1.82) is 0 Å². The van der Waals surface area contributed by atoms with Crippen LogP contribution in [0.15, 0.2) is 35.9 Å². The van der Waals surface area contributed by atoms with Gasteiger partial charge in [-0.05, 0) is 81.8 Å². The summed E-state index contributed by atoms with van der Waals surface area (Å²) in [6.45, 7) is 0.614. The number of carbonyl (C=O) groups excluding carboxylic acids is 2. The molecule has 1 saturated carbocycles. The number of fused-ring (bicyclic) bond motifs is 1. The number of alkyl halides is 3. The van der Waals surface area contributed by atoms with Crippen molar-refractivity contribution in [2.24, 2.45) is 11.8 Å². The van der Waals surface area contributed by atoms with Crippen LogP contribution in [0.4, 0.5) is 18.9 Å². The molecule has 0 spiro atoms. The average molecular weight is 480 g/mol. The molecule has 0 bridgehead atoms. The van der Waals surface area contributed by atoms with E-state index in [4.69, 9.17) is 12.2 Å². The number of amides is 2. The van der Waals surface area contributed by atoms with E-state index < -0.39 is 17.7 Å². The first kappa shape index (κ1) is 23.7. The van der Waals surface area contributed by atoms with Crippen molar-refractivity contribution in [2.75, 3.05) is 11.4 Å². The summed E-state index contributed by atoms with van der Waals surface area (Å²) in [5, 5.41) is 6.22. The van der Waals surface area contributed by atoms with Crippen LogP contribution in [0, 0.1) is 11.8 Å². The zero-order chi connectivity index (χ0) is 23.6. The van der Waals surface area contributed by atoms with Gasteiger partial charge in [0.15, 0.2) is 5.11 Å². The third-order valence-electron chi connectivity index (χ3n) is 6.83. The van der Waals surface area contributed by atoms with Crippen molar-refractivity contribution < 1.29 is 22.8 Å². The molecule has 9 heteroatoms. The predicted molar refractivity (Wildman–Crippen MR) is 123 cm³/mol. The SMILES string of the molecule is O=C(NCCC1=CCCCC1)C1CCC2C(=O)N(c3cccc(C(F)(F)F)c3)C(=S)NC2C1. The van der Waals surface area contributed by atoms with Crippen molar-refractivity contribution in [1.82, 2.24) is 10.6 Å². The van der Waals surface area contributed by atoms with E-state index in [1.807, 2.05) is 0 Å². The van der Waals surface area contributed by atoms with Crippen LogP contribution in [-0.4, -0.2) is 29.5 Å². The van der Waals surface area contributed by atoms with Gasteiger partial charge in [-0.25, -0.2) is 0 Å². The number of benzene rings is 1. The summed E-state index contributed by atoms with van der Waals surface area (Å²) in [6.07, 6.45) is 4.83. The van der Waals surface area contributed by atoms with Crippen molar-refractivity contribution >= 4 is 34.8 Å². The first-order valence-corrected chi connectivity index (χ1v) is 11.9. The molecule has 33 heavy (non-hydrogen) atoms. The molecule has 2 fully saturated rings. The molecule has 178 valence electrons. The molecule has 5 nitrogen and oxygen atoms in total. The Morgan fingerprint density at radius 2 is 2.06 bits per heavy atom. The molecule has 2 amide bonds. The van der Waals surface area contributed by atoms with Crippen LogP contribution in [0.2, 0.25) is 0 Å². The Morgan fingerprint density at radius 1 is 1.24 bits per heavy atom. The zero-order valence-corrected chi connectivity index (χ0v) is 19.1. The second-order valence-electron chi connectivity index (χ2n) is 9.04. The number of thiocarbonyl (C=S) groups is 1. The Morgan fingerprint density at radius 3 is 2.79 bits per heavy atom. The third kappa shape index (κ3) is 5.39. The van der Waals surface area contributed by atoms with Crippen LogP contribution in [-0.2, 0) is 15.8 Å². The molecule has 2 N–H and O–H groups in total. The molecule has 1 saturated heterocycles. The predicted octanol–water partition coefficient (Wildman–Crippen LogP) is 4.72. The maximum atomic E-state index is 13.2. The highest BCUT2D eigenvalue weighted by Gasteiger charge is 2.45. The summed E-state index contributed by atoms with van der Waals surface area (Å²) in [6, 6.07) is 4.32. The van der Waals surface area contributed by atoms with Gasteiger partial charge in [-0.1, -0.05) is 17.7 Å². The van der Waals surface area contributed by atoms with Gasteiger partial charge in [0.25, 0.3) is 0 Å². The minimum absolute atomic E-state index is 0.00895. The van der Waals surface area contributed by atoms with Crippen molar-refractivity contribution in [3.63, 3.8) is 0 Å². The van der Waals surface area contributed by atoms with Gasteiger partial charge in [0.05, 0.1) is 17.2 Å². The topological polar surface area (TPSA) is 61.4 Å². The van der Waals surface area contributed by atoms with Gasteiger partial charge in [-0.2, -0.15) is 13.2 Å². The van der Waals surface area contributed by atoms with Gasteiger partial charge in [0.1, 0.15) is 0 Å². The number of hydrogen-bond donors (Lipinski definition) is 2.